The first-order valence-electron chi connectivity index (χ1n) is 6.53. The Balaban J connectivity index is 1.98. The van der Waals surface area contributed by atoms with E-state index in [0.29, 0.717) is 0 Å². The molecule has 0 saturated heterocycles. The quantitative estimate of drug-likeness (QED) is 0.891. The molecule has 0 aliphatic heterocycles. The van der Waals surface area contributed by atoms with E-state index in [0.717, 1.165) is 23.8 Å². The van der Waals surface area contributed by atoms with Gasteiger partial charge in [-0.15, -0.1) is 0 Å². The molecule has 3 heteroatoms. The van der Waals surface area contributed by atoms with Gasteiger partial charge in [0.25, 0.3) is 0 Å². The van der Waals surface area contributed by atoms with Crippen LogP contribution in [0, 0.1) is 0 Å². The Hall–Kier alpha value is -1.61. The summed E-state index contributed by atoms with van der Waals surface area (Å²) in [6.45, 7) is 0.871. The predicted molar refractivity (Wildman–Crippen MR) is 75.9 cm³/mol. The van der Waals surface area contributed by atoms with E-state index in [1.54, 1.807) is 0 Å². The van der Waals surface area contributed by atoms with Crippen LogP contribution in [0.15, 0.2) is 30.3 Å². The van der Waals surface area contributed by atoms with Crippen molar-refractivity contribution >= 4 is 16.6 Å². The number of nitrogens with zero attached hydrogens (tertiary/aromatic N) is 2. The van der Waals surface area contributed by atoms with E-state index in [1.165, 1.54) is 23.9 Å². The third-order valence-corrected chi connectivity index (χ3v) is 3.38. The van der Waals surface area contributed by atoms with Crippen molar-refractivity contribution in [1.82, 2.24) is 10.3 Å². The van der Waals surface area contributed by atoms with Gasteiger partial charge < -0.3 is 10.2 Å². The molecule has 1 aliphatic carbocycles. The lowest BCUT2D eigenvalue weighted by molar-refractivity contribution is 0.676. The number of benzene rings is 1. The number of fused-ring (bicyclic) bond motifs is 1. The second-order valence-corrected chi connectivity index (χ2v) is 5.20. The molecule has 1 fully saturated rings. The zero-order valence-corrected chi connectivity index (χ0v) is 11.0. The van der Waals surface area contributed by atoms with Gasteiger partial charge in [-0.1, -0.05) is 18.2 Å². The molecule has 1 heterocycles. The van der Waals surface area contributed by atoms with Crippen LogP contribution >= 0.6 is 0 Å². The van der Waals surface area contributed by atoms with Crippen LogP contribution in [0.5, 0.6) is 0 Å². The van der Waals surface area contributed by atoms with Crippen molar-refractivity contribution in [2.45, 2.75) is 25.4 Å². The maximum Gasteiger partial charge on any atom is 0.0726 e. The zero-order chi connectivity index (χ0) is 12.5. The van der Waals surface area contributed by atoms with Gasteiger partial charge in [0, 0.05) is 37.8 Å². The molecule has 3 nitrogen and oxygen atoms in total. The van der Waals surface area contributed by atoms with Gasteiger partial charge in [0.15, 0.2) is 0 Å². The molecule has 0 amide bonds. The van der Waals surface area contributed by atoms with Gasteiger partial charge in [-0.05, 0) is 25.0 Å². The smallest absolute Gasteiger partial charge is 0.0726 e. The van der Waals surface area contributed by atoms with Gasteiger partial charge in [0.05, 0.1) is 11.2 Å². The minimum absolute atomic E-state index is 0.723. The minimum atomic E-state index is 0.723. The first-order chi connectivity index (χ1) is 8.74. The Labute approximate surface area is 108 Å². The monoisotopic (exact) mass is 241 g/mol. The average Bonchev–Trinajstić information content (AvgIpc) is 3.19. The van der Waals surface area contributed by atoms with Gasteiger partial charge in [-0.2, -0.15) is 0 Å². The van der Waals surface area contributed by atoms with Crippen LogP contribution in [0.2, 0.25) is 0 Å². The van der Waals surface area contributed by atoms with Crippen LogP contribution in [0.25, 0.3) is 10.9 Å². The molecule has 0 spiro atoms. The molecule has 18 heavy (non-hydrogen) atoms. The number of aromatic nitrogens is 1. The molecule has 2 aromatic rings. The first-order valence-corrected chi connectivity index (χ1v) is 6.53. The highest BCUT2D eigenvalue weighted by Gasteiger charge is 2.20. The van der Waals surface area contributed by atoms with Crippen LogP contribution in [-0.4, -0.2) is 25.1 Å². The van der Waals surface area contributed by atoms with Gasteiger partial charge in [-0.25, -0.2) is 0 Å². The van der Waals surface area contributed by atoms with E-state index < -0.39 is 0 Å². The average molecular weight is 241 g/mol. The van der Waals surface area contributed by atoms with Crippen molar-refractivity contribution in [3.05, 3.63) is 36.0 Å². The molecule has 3 rings (SSSR count). The normalized spacial score (nSPS) is 15.0. The molecule has 94 valence electrons. The van der Waals surface area contributed by atoms with Crippen LogP contribution in [0.4, 0.5) is 5.69 Å². The number of anilines is 1. The van der Waals surface area contributed by atoms with E-state index >= 15 is 0 Å². The first kappa shape index (κ1) is 11.5. The fourth-order valence-corrected chi connectivity index (χ4v) is 2.21. The second-order valence-electron chi connectivity index (χ2n) is 5.20. The molecule has 0 radical (unpaired) electrons. The molecular weight excluding hydrogens is 222 g/mol. The standard InChI is InChI=1S/C15H19N3/c1-18(2)15-9-12(10-16-11-7-8-11)17-14-6-4-3-5-13(14)15/h3-6,9,11,16H,7-8,10H2,1-2H3. The fourth-order valence-electron chi connectivity index (χ4n) is 2.21. The lowest BCUT2D eigenvalue weighted by atomic mass is 10.1. The van der Waals surface area contributed by atoms with Gasteiger partial charge >= 0.3 is 0 Å². The summed E-state index contributed by atoms with van der Waals surface area (Å²) in [4.78, 5) is 6.89. The highest BCUT2D eigenvalue weighted by molar-refractivity contribution is 5.91. The van der Waals surface area contributed by atoms with E-state index in [4.69, 9.17) is 4.98 Å². The molecule has 0 bridgehead atoms. The molecule has 1 aliphatic rings. The third-order valence-electron chi connectivity index (χ3n) is 3.38. The zero-order valence-electron chi connectivity index (χ0n) is 11.0. The molecule has 1 aromatic carbocycles. The Morgan fingerprint density at radius 1 is 1.28 bits per heavy atom. The number of hydrogen-bond acceptors (Lipinski definition) is 3. The van der Waals surface area contributed by atoms with Crippen LogP contribution < -0.4 is 10.2 Å². The number of para-hydroxylation sites is 1. The van der Waals surface area contributed by atoms with Crippen molar-refractivity contribution in [3.63, 3.8) is 0 Å². The summed E-state index contributed by atoms with van der Waals surface area (Å²) in [5.74, 6) is 0. The summed E-state index contributed by atoms with van der Waals surface area (Å²) in [7, 11) is 4.17. The molecule has 0 atom stereocenters. The number of pyridine rings is 1. The van der Waals surface area contributed by atoms with E-state index in [9.17, 15) is 0 Å². The van der Waals surface area contributed by atoms with E-state index in [-0.39, 0.29) is 0 Å². The summed E-state index contributed by atoms with van der Waals surface area (Å²) in [5, 5.41) is 4.74. The molecule has 1 aromatic heterocycles. The fraction of sp³-hybridized carbons (Fsp3) is 0.400. The van der Waals surface area contributed by atoms with Crippen molar-refractivity contribution in [2.24, 2.45) is 0 Å². The Morgan fingerprint density at radius 3 is 2.78 bits per heavy atom. The summed E-state index contributed by atoms with van der Waals surface area (Å²) in [5.41, 5.74) is 3.45. The molecule has 1 saturated carbocycles. The Kier molecular flexibility index (Phi) is 2.92. The summed E-state index contributed by atoms with van der Waals surface area (Å²) < 4.78 is 0. The molecule has 0 unspecified atom stereocenters. The predicted octanol–water partition coefficient (Wildman–Crippen LogP) is 2.55. The number of hydrogen-bond donors (Lipinski definition) is 1. The Morgan fingerprint density at radius 2 is 2.06 bits per heavy atom. The molecular formula is C15H19N3. The van der Waals surface area contributed by atoms with E-state index in [2.05, 4.69) is 48.6 Å². The van der Waals surface area contributed by atoms with Crippen molar-refractivity contribution < 1.29 is 0 Å². The van der Waals surface area contributed by atoms with Crippen molar-refractivity contribution in [3.8, 4) is 0 Å². The number of nitrogens with one attached hydrogen (secondary N) is 1. The maximum atomic E-state index is 4.73. The lowest BCUT2D eigenvalue weighted by Gasteiger charge is -2.17. The van der Waals surface area contributed by atoms with Gasteiger partial charge in [0.2, 0.25) is 0 Å². The SMILES string of the molecule is CN(C)c1cc(CNC2CC2)nc2ccccc12. The van der Waals surface area contributed by atoms with Crippen LogP contribution in [-0.2, 0) is 6.54 Å². The maximum absolute atomic E-state index is 4.73. The van der Waals surface area contributed by atoms with Crippen LogP contribution in [0.3, 0.4) is 0 Å². The summed E-state index contributed by atoms with van der Waals surface area (Å²) >= 11 is 0. The molecule has 1 N–H and O–H groups in total. The highest BCUT2D eigenvalue weighted by Crippen LogP contribution is 2.26. The van der Waals surface area contributed by atoms with E-state index in [1.807, 2.05) is 6.07 Å². The second kappa shape index (κ2) is 4.58. The summed E-state index contributed by atoms with van der Waals surface area (Å²) in [6, 6.07) is 11.3. The van der Waals surface area contributed by atoms with Crippen LogP contribution in [0.1, 0.15) is 18.5 Å². The topological polar surface area (TPSA) is 28.2 Å². The highest BCUT2D eigenvalue weighted by atomic mass is 15.1. The largest absolute Gasteiger partial charge is 0.377 e. The lowest BCUT2D eigenvalue weighted by Crippen LogP contribution is -2.17. The minimum Gasteiger partial charge on any atom is -0.377 e. The summed E-state index contributed by atoms with van der Waals surface area (Å²) in [6.07, 6.45) is 2.63. The third kappa shape index (κ3) is 2.31. The van der Waals surface area contributed by atoms with Gasteiger partial charge in [0.1, 0.15) is 0 Å². The van der Waals surface area contributed by atoms with Crippen molar-refractivity contribution in [1.29, 1.82) is 0 Å². The number of rotatable bonds is 4. The van der Waals surface area contributed by atoms with Crippen molar-refractivity contribution in [2.75, 3.05) is 19.0 Å². The Bertz CT molecular complexity index is 559. The van der Waals surface area contributed by atoms with Gasteiger partial charge in [-0.3, -0.25) is 4.98 Å².